The molecule has 2 rings (SSSR count). The number of aliphatic hydroxyl groups is 1. The maximum Gasteiger partial charge on any atom is 0.124 e. The molecule has 1 aliphatic carbocycles. The SMILES string of the molecule is Cc1cccc(O[C@@H]2CCCC[C@H]2O)c1. The molecule has 0 amide bonds. The number of ether oxygens (including phenoxy) is 1. The van der Waals surface area contributed by atoms with E-state index in [1.807, 2.05) is 31.2 Å². The zero-order valence-corrected chi connectivity index (χ0v) is 9.15. The zero-order valence-electron chi connectivity index (χ0n) is 9.15. The minimum Gasteiger partial charge on any atom is -0.488 e. The Balaban J connectivity index is 2.01. The molecule has 1 aliphatic rings. The van der Waals surface area contributed by atoms with Crippen LogP contribution in [-0.4, -0.2) is 17.3 Å². The minimum atomic E-state index is -0.292. The standard InChI is InChI=1S/C13H18O2/c1-10-5-4-6-11(9-10)15-13-8-3-2-7-12(13)14/h4-6,9,12-14H,2-3,7-8H2,1H3/t12-,13-/m1/s1. The molecule has 2 nitrogen and oxygen atoms in total. The molecule has 15 heavy (non-hydrogen) atoms. The Morgan fingerprint density at radius 2 is 2.07 bits per heavy atom. The predicted molar refractivity (Wildman–Crippen MR) is 60.1 cm³/mol. The van der Waals surface area contributed by atoms with Crippen LogP contribution in [0.2, 0.25) is 0 Å². The van der Waals surface area contributed by atoms with Crippen LogP contribution in [0.1, 0.15) is 31.2 Å². The number of benzene rings is 1. The van der Waals surface area contributed by atoms with Crippen LogP contribution in [0.4, 0.5) is 0 Å². The Labute approximate surface area is 90.9 Å². The van der Waals surface area contributed by atoms with Crippen LogP contribution in [0, 0.1) is 6.92 Å². The summed E-state index contributed by atoms with van der Waals surface area (Å²) in [6.45, 7) is 2.05. The molecule has 1 fully saturated rings. The first-order valence-corrected chi connectivity index (χ1v) is 5.67. The van der Waals surface area contributed by atoms with E-state index in [9.17, 15) is 5.11 Å². The van der Waals surface area contributed by atoms with Gasteiger partial charge in [-0.15, -0.1) is 0 Å². The topological polar surface area (TPSA) is 29.5 Å². The molecule has 2 heteroatoms. The Kier molecular flexibility index (Phi) is 3.27. The molecule has 82 valence electrons. The highest BCUT2D eigenvalue weighted by molar-refractivity contribution is 5.27. The lowest BCUT2D eigenvalue weighted by Gasteiger charge is -2.28. The summed E-state index contributed by atoms with van der Waals surface area (Å²) in [4.78, 5) is 0. The normalized spacial score (nSPS) is 26.3. The number of hydrogen-bond acceptors (Lipinski definition) is 2. The van der Waals surface area contributed by atoms with Gasteiger partial charge in [0.2, 0.25) is 0 Å². The van der Waals surface area contributed by atoms with E-state index in [-0.39, 0.29) is 12.2 Å². The molecule has 1 aromatic rings. The van der Waals surface area contributed by atoms with Crippen molar-refractivity contribution in [2.75, 3.05) is 0 Å². The highest BCUT2D eigenvalue weighted by Crippen LogP contribution is 2.24. The third-order valence-corrected chi connectivity index (χ3v) is 2.94. The maximum atomic E-state index is 9.77. The van der Waals surface area contributed by atoms with Gasteiger partial charge >= 0.3 is 0 Å². The van der Waals surface area contributed by atoms with Gasteiger partial charge in [0.25, 0.3) is 0 Å². The summed E-state index contributed by atoms with van der Waals surface area (Å²) >= 11 is 0. The second kappa shape index (κ2) is 4.67. The molecular weight excluding hydrogens is 188 g/mol. The number of rotatable bonds is 2. The Morgan fingerprint density at radius 1 is 1.27 bits per heavy atom. The Bertz CT molecular complexity index is 322. The van der Waals surface area contributed by atoms with Crippen molar-refractivity contribution in [2.45, 2.75) is 44.8 Å². The van der Waals surface area contributed by atoms with Crippen molar-refractivity contribution in [3.63, 3.8) is 0 Å². The van der Waals surface area contributed by atoms with E-state index >= 15 is 0 Å². The first-order valence-electron chi connectivity index (χ1n) is 5.67. The Morgan fingerprint density at radius 3 is 2.80 bits per heavy atom. The summed E-state index contributed by atoms with van der Waals surface area (Å²) in [6.07, 6.45) is 3.81. The van der Waals surface area contributed by atoms with E-state index < -0.39 is 0 Å². The van der Waals surface area contributed by atoms with Crippen LogP contribution >= 0.6 is 0 Å². The smallest absolute Gasteiger partial charge is 0.124 e. The van der Waals surface area contributed by atoms with Gasteiger partial charge in [-0.1, -0.05) is 18.6 Å². The molecule has 0 bridgehead atoms. The molecular formula is C13H18O2. The largest absolute Gasteiger partial charge is 0.488 e. The summed E-state index contributed by atoms with van der Waals surface area (Å²) in [5.41, 5.74) is 1.19. The van der Waals surface area contributed by atoms with Crippen LogP contribution in [0.3, 0.4) is 0 Å². The lowest BCUT2D eigenvalue weighted by Crippen LogP contribution is -2.34. The van der Waals surface area contributed by atoms with E-state index in [0.717, 1.165) is 31.4 Å². The summed E-state index contributed by atoms with van der Waals surface area (Å²) < 4.78 is 5.80. The molecule has 1 aromatic carbocycles. The van der Waals surface area contributed by atoms with Crippen LogP contribution in [0.15, 0.2) is 24.3 Å². The monoisotopic (exact) mass is 206 g/mol. The van der Waals surface area contributed by atoms with Gasteiger partial charge in [0.1, 0.15) is 11.9 Å². The molecule has 0 spiro atoms. The molecule has 0 aliphatic heterocycles. The molecule has 0 aromatic heterocycles. The van der Waals surface area contributed by atoms with Gasteiger partial charge < -0.3 is 9.84 Å². The van der Waals surface area contributed by atoms with E-state index in [4.69, 9.17) is 4.74 Å². The first-order chi connectivity index (χ1) is 7.25. The highest BCUT2D eigenvalue weighted by Gasteiger charge is 2.24. The summed E-state index contributed by atoms with van der Waals surface area (Å²) in [7, 11) is 0. The van der Waals surface area contributed by atoms with Gasteiger partial charge in [-0.25, -0.2) is 0 Å². The van der Waals surface area contributed by atoms with Crippen molar-refractivity contribution < 1.29 is 9.84 Å². The van der Waals surface area contributed by atoms with E-state index in [1.165, 1.54) is 5.56 Å². The quantitative estimate of drug-likeness (QED) is 0.806. The lowest BCUT2D eigenvalue weighted by molar-refractivity contribution is 0.00685. The minimum absolute atomic E-state index is 0.0134. The number of aryl methyl sites for hydroxylation is 1. The van der Waals surface area contributed by atoms with Crippen molar-refractivity contribution in [3.05, 3.63) is 29.8 Å². The van der Waals surface area contributed by atoms with Crippen molar-refractivity contribution >= 4 is 0 Å². The molecule has 1 saturated carbocycles. The van der Waals surface area contributed by atoms with Gasteiger partial charge in [-0.05, 0) is 43.9 Å². The first kappa shape index (κ1) is 10.5. The summed E-state index contributed by atoms with van der Waals surface area (Å²) in [5.74, 6) is 0.876. The Hall–Kier alpha value is -1.02. The molecule has 0 saturated heterocycles. The third kappa shape index (κ3) is 2.72. The molecule has 0 radical (unpaired) electrons. The number of hydrogen-bond donors (Lipinski definition) is 1. The van der Waals surface area contributed by atoms with Crippen LogP contribution in [-0.2, 0) is 0 Å². The van der Waals surface area contributed by atoms with Gasteiger partial charge in [0.05, 0.1) is 6.10 Å². The van der Waals surface area contributed by atoms with E-state index in [2.05, 4.69) is 0 Å². The third-order valence-electron chi connectivity index (χ3n) is 2.94. The van der Waals surface area contributed by atoms with Crippen LogP contribution < -0.4 is 4.74 Å². The average Bonchev–Trinajstić information content (AvgIpc) is 2.22. The van der Waals surface area contributed by atoms with E-state index in [1.54, 1.807) is 0 Å². The van der Waals surface area contributed by atoms with Gasteiger partial charge in [-0.3, -0.25) is 0 Å². The van der Waals surface area contributed by atoms with Gasteiger partial charge in [0.15, 0.2) is 0 Å². The zero-order chi connectivity index (χ0) is 10.7. The fourth-order valence-electron chi connectivity index (χ4n) is 2.08. The average molecular weight is 206 g/mol. The predicted octanol–water partition coefficient (Wildman–Crippen LogP) is 2.68. The van der Waals surface area contributed by atoms with Crippen LogP contribution in [0.25, 0.3) is 0 Å². The molecule has 0 heterocycles. The number of aliphatic hydroxyl groups excluding tert-OH is 1. The second-order valence-electron chi connectivity index (χ2n) is 4.32. The van der Waals surface area contributed by atoms with Gasteiger partial charge in [-0.2, -0.15) is 0 Å². The van der Waals surface area contributed by atoms with Crippen molar-refractivity contribution in [3.8, 4) is 5.75 Å². The highest BCUT2D eigenvalue weighted by atomic mass is 16.5. The van der Waals surface area contributed by atoms with E-state index in [0.29, 0.717) is 0 Å². The molecule has 2 atom stereocenters. The van der Waals surface area contributed by atoms with Crippen molar-refractivity contribution in [1.82, 2.24) is 0 Å². The summed E-state index contributed by atoms with van der Waals surface area (Å²) in [6, 6.07) is 8.00. The van der Waals surface area contributed by atoms with Crippen molar-refractivity contribution in [1.29, 1.82) is 0 Å². The second-order valence-corrected chi connectivity index (χ2v) is 4.32. The maximum absolute atomic E-state index is 9.77. The van der Waals surface area contributed by atoms with Gasteiger partial charge in [0, 0.05) is 0 Å². The molecule has 1 N–H and O–H groups in total. The lowest BCUT2D eigenvalue weighted by atomic mass is 9.95. The van der Waals surface area contributed by atoms with Crippen LogP contribution in [0.5, 0.6) is 5.75 Å². The summed E-state index contributed by atoms with van der Waals surface area (Å²) in [5, 5.41) is 9.77. The molecule has 0 unspecified atom stereocenters. The van der Waals surface area contributed by atoms with Crippen molar-refractivity contribution in [2.24, 2.45) is 0 Å². The fraction of sp³-hybridized carbons (Fsp3) is 0.538. The fourth-order valence-corrected chi connectivity index (χ4v) is 2.08.